The number of nitrogens with two attached hydrogens (primary N) is 1. The second-order valence-corrected chi connectivity index (χ2v) is 6.33. The number of carbonyl (C=O) groups is 1. The second kappa shape index (κ2) is 9.67. The highest BCUT2D eigenvalue weighted by atomic mass is 35.5. The molecule has 5 nitrogen and oxygen atoms in total. The molecule has 1 heterocycles. The van der Waals surface area contributed by atoms with Crippen LogP contribution in [0, 0.1) is 5.92 Å². The highest BCUT2D eigenvalue weighted by Gasteiger charge is 2.26. The van der Waals surface area contributed by atoms with Gasteiger partial charge >= 0.3 is 0 Å². The van der Waals surface area contributed by atoms with Crippen LogP contribution in [0.2, 0.25) is 0 Å². The van der Waals surface area contributed by atoms with Gasteiger partial charge in [-0.2, -0.15) is 0 Å². The lowest BCUT2D eigenvalue weighted by Crippen LogP contribution is -2.52. The Morgan fingerprint density at radius 2 is 1.92 bits per heavy atom. The third-order valence-corrected chi connectivity index (χ3v) is 3.66. The Morgan fingerprint density at radius 3 is 2.38 bits per heavy atom. The molecular formula is C17H26Cl2N4O. The fourth-order valence-corrected chi connectivity index (χ4v) is 2.63. The average molecular weight is 373 g/mol. The van der Waals surface area contributed by atoms with Crippen molar-refractivity contribution in [2.24, 2.45) is 11.7 Å². The van der Waals surface area contributed by atoms with E-state index >= 15 is 0 Å². The van der Waals surface area contributed by atoms with Crippen LogP contribution in [0.3, 0.4) is 0 Å². The van der Waals surface area contributed by atoms with Crippen molar-refractivity contribution in [1.82, 2.24) is 14.9 Å². The fourth-order valence-electron chi connectivity index (χ4n) is 2.63. The van der Waals surface area contributed by atoms with Gasteiger partial charge in [0.15, 0.2) is 0 Å². The van der Waals surface area contributed by atoms with Crippen LogP contribution in [0.5, 0.6) is 0 Å². The number of hydrogen-bond donors (Lipinski definition) is 2. The van der Waals surface area contributed by atoms with E-state index in [2.05, 4.69) is 24.1 Å². The third kappa shape index (κ3) is 5.82. The molecule has 0 aliphatic heterocycles. The summed E-state index contributed by atoms with van der Waals surface area (Å²) in [6.07, 6.45) is 6.16. The lowest BCUT2D eigenvalue weighted by Gasteiger charge is -2.31. The number of aromatic nitrogens is 2. The smallest absolute Gasteiger partial charge is 0.251 e. The summed E-state index contributed by atoms with van der Waals surface area (Å²) >= 11 is 0. The predicted octanol–water partition coefficient (Wildman–Crippen LogP) is 3.21. The fraction of sp³-hybridized carbons (Fsp3) is 0.412. The van der Waals surface area contributed by atoms with Gasteiger partial charge in [-0.15, -0.1) is 24.8 Å². The van der Waals surface area contributed by atoms with Crippen LogP contribution in [-0.4, -0.2) is 27.5 Å². The molecule has 1 aromatic carbocycles. The molecule has 0 saturated heterocycles. The van der Waals surface area contributed by atoms with E-state index in [1.165, 1.54) is 0 Å². The molecular weight excluding hydrogens is 347 g/mol. The molecule has 2 aromatic rings. The van der Waals surface area contributed by atoms with Gasteiger partial charge in [-0.05, 0) is 43.5 Å². The number of halogens is 2. The summed E-state index contributed by atoms with van der Waals surface area (Å²) in [5.41, 5.74) is 7.07. The van der Waals surface area contributed by atoms with Crippen molar-refractivity contribution in [3.8, 4) is 5.69 Å². The summed E-state index contributed by atoms with van der Waals surface area (Å²) in [6, 6.07) is 7.44. The van der Waals surface area contributed by atoms with E-state index in [0.717, 1.165) is 12.1 Å². The summed E-state index contributed by atoms with van der Waals surface area (Å²) < 4.78 is 1.89. The summed E-state index contributed by atoms with van der Waals surface area (Å²) in [4.78, 5) is 16.4. The number of hydrogen-bond acceptors (Lipinski definition) is 3. The molecule has 0 fully saturated rings. The van der Waals surface area contributed by atoms with Gasteiger partial charge in [0.25, 0.3) is 5.91 Å². The lowest BCUT2D eigenvalue weighted by atomic mass is 9.90. The largest absolute Gasteiger partial charge is 0.346 e. The molecule has 0 saturated carbocycles. The Bertz CT molecular complexity index is 614. The summed E-state index contributed by atoms with van der Waals surface area (Å²) in [7, 11) is 0. The third-order valence-electron chi connectivity index (χ3n) is 3.66. The molecule has 1 unspecified atom stereocenters. The normalized spacial score (nSPS) is 12.7. The zero-order chi connectivity index (χ0) is 16.2. The van der Waals surface area contributed by atoms with Crippen LogP contribution in [0.1, 0.15) is 37.6 Å². The van der Waals surface area contributed by atoms with E-state index in [1.807, 2.05) is 42.0 Å². The molecule has 0 spiro atoms. The zero-order valence-corrected chi connectivity index (χ0v) is 15.9. The van der Waals surface area contributed by atoms with Crippen molar-refractivity contribution in [3.63, 3.8) is 0 Å². The Labute approximate surface area is 155 Å². The van der Waals surface area contributed by atoms with Gasteiger partial charge in [0, 0.05) is 35.7 Å². The molecule has 0 aliphatic carbocycles. The first-order chi connectivity index (χ1) is 10.4. The molecule has 0 aliphatic rings. The highest BCUT2D eigenvalue weighted by Crippen LogP contribution is 2.17. The van der Waals surface area contributed by atoms with Gasteiger partial charge in [-0.25, -0.2) is 4.98 Å². The van der Waals surface area contributed by atoms with E-state index in [1.54, 1.807) is 12.5 Å². The van der Waals surface area contributed by atoms with E-state index in [0.29, 0.717) is 18.0 Å². The molecule has 0 radical (unpaired) electrons. The topological polar surface area (TPSA) is 72.9 Å². The number of imidazole rings is 1. The quantitative estimate of drug-likeness (QED) is 0.817. The number of nitrogens with one attached hydrogen (secondary N) is 1. The lowest BCUT2D eigenvalue weighted by molar-refractivity contribution is 0.0898. The van der Waals surface area contributed by atoms with Crippen LogP contribution in [0.25, 0.3) is 5.69 Å². The van der Waals surface area contributed by atoms with Crippen molar-refractivity contribution in [2.75, 3.05) is 6.54 Å². The summed E-state index contributed by atoms with van der Waals surface area (Å²) in [5, 5.41) is 3.06. The van der Waals surface area contributed by atoms with E-state index in [-0.39, 0.29) is 36.3 Å². The molecule has 1 amide bonds. The van der Waals surface area contributed by atoms with Gasteiger partial charge in [0.1, 0.15) is 0 Å². The van der Waals surface area contributed by atoms with Crippen LogP contribution >= 0.6 is 24.8 Å². The molecule has 0 bridgehead atoms. The van der Waals surface area contributed by atoms with Crippen molar-refractivity contribution in [2.45, 2.75) is 32.7 Å². The first-order valence-corrected chi connectivity index (χ1v) is 7.54. The van der Waals surface area contributed by atoms with Crippen LogP contribution in [-0.2, 0) is 0 Å². The monoisotopic (exact) mass is 372 g/mol. The predicted molar refractivity (Wildman–Crippen MR) is 102 cm³/mol. The van der Waals surface area contributed by atoms with Gasteiger partial charge in [0.05, 0.1) is 6.33 Å². The van der Waals surface area contributed by atoms with Crippen molar-refractivity contribution >= 4 is 30.7 Å². The summed E-state index contributed by atoms with van der Waals surface area (Å²) in [5.74, 6) is 0.378. The number of amides is 1. The first-order valence-electron chi connectivity index (χ1n) is 7.54. The van der Waals surface area contributed by atoms with E-state index in [9.17, 15) is 4.79 Å². The molecule has 24 heavy (non-hydrogen) atoms. The Hall–Kier alpha value is -1.56. The molecule has 134 valence electrons. The number of benzene rings is 1. The van der Waals surface area contributed by atoms with Gasteiger partial charge in [-0.1, -0.05) is 13.8 Å². The maximum Gasteiger partial charge on any atom is 0.251 e. The van der Waals surface area contributed by atoms with Crippen LogP contribution < -0.4 is 11.1 Å². The van der Waals surface area contributed by atoms with Gasteiger partial charge in [0.2, 0.25) is 0 Å². The SMILES string of the molecule is CC(C)CC(C)(CN)NC(=O)c1ccc(-n2ccnc2)cc1.Cl.Cl. The average Bonchev–Trinajstić information content (AvgIpc) is 3.00. The number of carbonyl (C=O) groups excluding carboxylic acids is 1. The zero-order valence-electron chi connectivity index (χ0n) is 14.2. The standard InChI is InChI=1S/C17H24N4O.2ClH/c1-13(2)10-17(3,11-18)20-16(22)14-4-6-15(7-5-14)21-9-8-19-12-21;;/h4-9,12-13H,10-11,18H2,1-3H3,(H,20,22);2*1H. The van der Waals surface area contributed by atoms with Crippen molar-refractivity contribution in [1.29, 1.82) is 0 Å². The molecule has 1 atom stereocenters. The minimum absolute atomic E-state index is 0. The molecule has 3 N–H and O–H groups in total. The Balaban J connectivity index is 0.00000264. The summed E-state index contributed by atoms with van der Waals surface area (Å²) in [6.45, 7) is 6.66. The van der Waals surface area contributed by atoms with E-state index < -0.39 is 0 Å². The van der Waals surface area contributed by atoms with Crippen LogP contribution in [0.4, 0.5) is 0 Å². The first kappa shape index (κ1) is 22.4. The molecule has 1 aromatic heterocycles. The molecule has 7 heteroatoms. The van der Waals surface area contributed by atoms with Crippen LogP contribution in [0.15, 0.2) is 43.0 Å². The maximum atomic E-state index is 12.4. The van der Waals surface area contributed by atoms with Gasteiger partial charge < -0.3 is 15.6 Å². The maximum absolute atomic E-state index is 12.4. The molecule has 2 rings (SSSR count). The minimum Gasteiger partial charge on any atom is -0.346 e. The van der Waals surface area contributed by atoms with Gasteiger partial charge in [-0.3, -0.25) is 4.79 Å². The minimum atomic E-state index is -0.381. The number of nitrogens with zero attached hydrogens (tertiary/aromatic N) is 2. The number of rotatable bonds is 6. The highest BCUT2D eigenvalue weighted by molar-refractivity contribution is 5.94. The van der Waals surface area contributed by atoms with E-state index in [4.69, 9.17) is 5.73 Å². The van der Waals surface area contributed by atoms with Crippen molar-refractivity contribution < 1.29 is 4.79 Å². The van der Waals surface area contributed by atoms with Crippen molar-refractivity contribution in [3.05, 3.63) is 48.5 Å². The second-order valence-electron chi connectivity index (χ2n) is 6.33. The Kier molecular flexibility index (Phi) is 9.04. The Morgan fingerprint density at radius 1 is 1.29 bits per heavy atom.